The van der Waals surface area contributed by atoms with Crippen molar-refractivity contribution in [3.8, 4) is 0 Å². The maximum atomic E-state index is 12.6. The first kappa shape index (κ1) is 20.5. The lowest BCUT2D eigenvalue weighted by atomic mass is 10.1. The van der Waals surface area contributed by atoms with Gasteiger partial charge in [-0.15, -0.1) is 0 Å². The molecule has 5 nitrogen and oxygen atoms in total. The van der Waals surface area contributed by atoms with E-state index < -0.39 is 0 Å². The molecular weight excluding hydrogens is 328 g/mol. The molecule has 1 atom stereocenters. The number of rotatable bonds is 9. The molecule has 0 aliphatic heterocycles. The standard InChI is InChI=1S/C18H27ClN2O3/c1-14(18(23)24-4)13-21(11-5-10-20(2)3)17(22)12-15-6-8-16(19)9-7-15/h6-9,14H,5,10-13H2,1-4H3. The van der Waals surface area contributed by atoms with E-state index >= 15 is 0 Å². The Morgan fingerprint density at radius 2 is 1.79 bits per heavy atom. The molecule has 0 fully saturated rings. The highest BCUT2D eigenvalue weighted by molar-refractivity contribution is 6.30. The molecule has 0 spiro atoms. The summed E-state index contributed by atoms with van der Waals surface area (Å²) < 4.78 is 4.77. The highest BCUT2D eigenvalue weighted by atomic mass is 35.5. The number of nitrogens with zero attached hydrogens (tertiary/aromatic N) is 2. The number of carbonyl (C=O) groups is 2. The van der Waals surface area contributed by atoms with E-state index in [-0.39, 0.29) is 17.8 Å². The third-order valence-electron chi connectivity index (χ3n) is 3.75. The highest BCUT2D eigenvalue weighted by Crippen LogP contribution is 2.12. The molecule has 0 saturated carbocycles. The van der Waals surface area contributed by atoms with Crippen LogP contribution in [0.5, 0.6) is 0 Å². The second kappa shape index (κ2) is 10.3. The Bertz CT molecular complexity index is 532. The van der Waals surface area contributed by atoms with Crippen molar-refractivity contribution < 1.29 is 14.3 Å². The average Bonchev–Trinajstić information content (AvgIpc) is 2.54. The van der Waals surface area contributed by atoms with Gasteiger partial charge in [0.1, 0.15) is 0 Å². The number of methoxy groups -OCH3 is 1. The molecule has 1 rings (SSSR count). The lowest BCUT2D eigenvalue weighted by molar-refractivity contribution is -0.146. The van der Waals surface area contributed by atoms with E-state index in [9.17, 15) is 9.59 Å². The Morgan fingerprint density at radius 3 is 2.33 bits per heavy atom. The molecule has 1 amide bonds. The molecule has 0 saturated heterocycles. The maximum Gasteiger partial charge on any atom is 0.310 e. The van der Waals surface area contributed by atoms with Crippen molar-refractivity contribution in [1.29, 1.82) is 0 Å². The molecule has 24 heavy (non-hydrogen) atoms. The highest BCUT2D eigenvalue weighted by Gasteiger charge is 2.21. The van der Waals surface area contributed by atoms with Crippen molar-refractivity contribution in [2.45, 2.75) is 19.8 Å². The van der Waals surface area contributed by atoms with Gasteiger partial charge in [0, 0.05) is 18.1 Å². The van der Waals surface area contributed by atoms with Gasteiger partial charge in [0.25, 0.3) is 0 Å². The molecule has 0 heterocycles. The summed E-state index contributed by atoms with van der Waals surface area (Å²) in [5, 5.41) is 0.647. The number of halogens is 1. The van der Waals surface area contributed by atoms with Crippen LogP contribution in [0.15, 0.2) is 24.3 Å². The molecule has 1 aromatic carbocycles. The van der Waals surface area contributed by atoms with E-state index in [1.54, 1.807) is 24.0 Å². The predicted octanol–water partition coefficient (Wildman–Crippen LogP) is 2.47. The Labute approximate surface area is 149 Å². The van der Waals surface area contributed by atoms with E-state index in [4.69, 9.17) is 16.3 Å². The number of carbonyl (C=O) groups excluding carboxylic acids is 2. The van der Waals surface area contributed by atoms with Crippen LogP contribution in [0.1, 0.15) is 18.9 Å². The van der Waals surface area contributed by atoms with Crippen LogP contribution >= 0.6 is 11.6 Å². The van der Waals surface area contributed by atoms with Gasteiger partial charge in [-0.3, -0.25) is 9.59 Å². The van der Waals surface area contributed by atoms with Gasteiger partial charge >= 0.3 is 5.97 Å². The van der Waals surface area contributed by atoms with Gasteiger partial charge in [-0.25, -0.2) is 0 Å². The molecule has 0 radical (unpaired) electrons. The molecule has 1 unspecified atom stereocenters. The van der Waals surface area contributed by atoms with Gasteiger partial charge in [0.15, 0.2) is 0 Å². The summed E-state index contributed by atoms with van der Waals surface area (Å²) in [4.78, 5) is 28.1. The van der Waals surface area contributed by atoms with Crippen LogP contribution in [-0.2, 0) is 20.7 Å². The van der Waals surface area contributed by atoms with Crippen LogP contribution < -0.4 is 0 Å². The van der Waals surface area contributed by atoms with Crippen molar-refractivity contribution in [1.82, 2.24) is 9.80 Å². The Hall–Kier alpha value is -1.59. The number of hydrogen-bond acceptors (Lipinski definition) is 4. The monoisotopic (exact) mass is 354 g/mol. The number of esters is 1. The van der Waals surface area contributed by atoms with Gasteiger partial charge in [-0.2, -0.15) is 0 Å². The fourth-order valence-corrected chi connectivity index (χ4v) is 2.52. The zero-order valence-corrected chi connectivity index (χ0v) is 15.7. The van der Waals surface area contributed by atoms with Crippen LogP contribution in [0, 0.1) is 5.92 Å². The first-order chi connectivity index (χ1) is 11.3. The van der Waals surface area contributed by atoms with Gasteiger partial charge in [0.05, 0.1) is 19.4 Å². The molecule has 0 aliphatic carbocycles. The number of ether oxygens (including phenoxy) is 1. The quantitative estimate of drug-likeness (QED) is 0.639. The topological polar surface area (TPSA) is 49.9 Å². The van der Waals surface area contributed by atoms with Gasteiger partial charge in [-0.1, -0.05) is 30.7 Å². The SMILES string of the molecule is COC(=O)C(C)CN(CCCN(C)C)C(=O)Cc1ccc(Cl)cc1. The first-order valence-corrected chi connectivity index (χ1v) is 8.46. The van der Waals surface area contributed by atoms with Crippen molar-refractivity contribution >= 4 is 23.5 Å². The lowest BCUT2D eigenvalue weighted by Crippen LogP contribution is -2.39. The van der Waals surface area contributed by atoms with Gasteiger partial charge < -0.3 is 14.5 Å². The van der Waals surface area contributed by atoms with Crippen LogP contribution in [0.25, 0.3) is 0 Å². The Morgan fingerprint density at radius 1 is 1.17 bits per heavy atom. The minimum Gasteiger partial charge on any atom is -0.469 e. The predicted molar refractivity (Wildman–Crippen MR) is 96.1 cm³/mol. The number of amides is 1. The van der Waals surface area contributed by atoms with E-state index in [2.05, 4.69) is 4.90 Å². The first-order valence-electron chi connectivity index (χ1n) is 8.08. The van der Waals surface area contributed by atoms with Crippen molar-refractivity contribution in [2.75, 3.05) is 40.8 Å². The lowest BCUT2D eigenvalue weighted by Gasteiger charge is -2.26. The zero-order valence-electron chi connectivity index (χ0n) is 14.9. The number of hydrogen-bond donors (Lipinski definition) is 0. The fraction of sp³-hybridized carbons (Fsp3) is 0.556. The summed E-state index contributed by atoms with van der Waals surface area (Å²) in [6, 6.07) is 7.25. The summed E-state index contributed by atoms with van der Waals surface area (Å²) in [6.07, 6.45) is 1.15. The van der Waals surface area contributed by atoms with E-state index in [0.29, 0.717) is 24.5 Å². The van der Waals surface area contributed by atoms with Crippen LogP contribution in [0.3, 0.4) is 0 Å². The minimum absolute atomic E-state index is 0.00633. The zero-order chi connectivity index (χ0) is 18.1. The smallest absolute Gasteiger partial charge is 0.310 e. The molecule has 6 heteroatoms. The Kier molecular flexibility index (Phi) is 8.79. The molecule has 1 aromatic rings. The van der Waals surface area contributed by atoms with Crippen molar-refractivity contribution in [3.05, 3.63) is 34.9 Å². The summed E-state index contributed by atoms with van der Waals surface area (Å²) in [5.41, 5.74) is 0.910. The van der Waals surface area contributed by atoms with Gasteiger partial charge in [0.2, 0.25) is 5.91 Å². The largest absolute Gasteiger partial charge is 0.469 e. The normalized spacial score (nSPS) is 12.1. The second-order valence-electron chi connectivity index (χ2n) is 6.22. The van der Waals surface area contributed by atoms with Crippen LogP contribution in [-0.4, -0.2) is 62.5 Å². The molecule has 134 valence electrons. The Balaban J connectivity index is 2.71. The molecule has 0 bridgehead atoms. The molecular formula is C18H27ClN2O3. The fourth-order valence-electron chi connectivity index (χ4n) is 2.39. The number of benzene rings is 1. The summed E-state index contributed by atoms with van der Waals surface area (Å²) in [5.74, 6) is -0.637. The van der Waals surface area contributed by atoms with Crippen LogP contribution in [0.2, 0.25) is 5.02 Å². The average molecular weight is 355 g/mol. The summed E-state index contributed by atoms with van der Waals surface area (Å²) >= 11 is 5.88. The molecule has 0 aromatic heterocycles. The van der Waals surface area contributed by atoms with Gasteiger partial charge in [-0.05, 0) is 44.8 Å². The van der Waals surface area contributed by atoms with Crippen LogP contribution in [0.4, 0.5) is 0 Å². The summed E-state index contributed by atoms with van der Waals surface area (Å²) in [7, 11) is 5.36. The summed E-state index contributed by atoms with van der Waals surface area (Å²) in [6.45, 7) is 3.65. The third kappa shape index (κ3) is 7.32. The van der Waals surface area contributed by atoms with E-state index in [1.807, 2.05) is 26.2 Å². The maximum absolute atomic E-state index is 12.6. The van der Waals surface area contributed by atoms with E-state index in [1.165, 1.54) is 7.11 Å². The third-order valence-corrected chi connectivity index (χ3v) is 4.00. The molecule has 0 aliphatic rings. The second-order valence-corrected chi connectivity index (χ2v) is 6.66. The molecule has 0 N–H and O–H groups in total. The van der Waals surface area contributed by atoms with Crippen molar-refractivity contribution in [3.63, 3.8) is 0 Å². The minimum atomic E-state index is -0.344. The van der Waals surface area contributed by atoms with Crippen molar-refractivity contribution in [2.24, 2.45) is 5.92 Å². The van der Waals surface area contributed by atoms with E-state index in [0.717, 1.165) is 18.5 Å².